The van der Waals surface area contributed by atoms with E-state index in [9.17, 15) is 24.2 Å². The number of halogens is 1. The Morgan fingerprint density at radius 2 is 1.74 bits per heavy atom. The molecule has 2 unspecified atom stereocenters. The lowest BCUT2D eigenvalue weighted by molar-refractivity contribution is -0.143. The van der Waals surface area contributed by atoms with Gasteiger partial charge < -0.3 is 19.8 Å². The van der Waals surface area contributed by atoms with Gasteiger partial charge >= 0.3 is 5.97 Å². The van der Waals surface area contributed by atoms with Crippen molar-refractivity contribution in [3.63, 3.8) is 0 Å². The van der Waals surface area contributed by atoms with Crippen LogP contribution >= 0.6 is 0 Å². The highest BCUT2D eigenvalue weighted by Gasteiger charge is 2.28. The van der Waals surface area contributed by atoms with E-state index in [0.29, 0.717) is 24.3 Å². The number of aryl methyl sites for hydroxylation is 1. The molecule has 0 saturated heterocycles. The molecule has 0 aliphatic carbocycles. The lowest BCUT2D eigenvalue weighted by Crippen LogP contribution is -2.28. The zero-order valence-corrected chi connectivity index (χ0v) is 23.2. The maximum atomic E-state index is 13.7. The highest BCUT2D eigenvalue weighted by Crippen LogP contribution is 2.29. The van der Waals surface area contributed by atoms with Gasteiger partial charge in [0.2, 0.25) is 0 Å². The van der Waals surface area contributed by atoms with Crippen LogP contribution in [-0.2, 0) is 22.5 Å². The summed E-state index contributed by atoms with van der Waals surface area (Å²) < 4.78 is 19.9. The zero-order chi connectivity index (χ0) is 28.7. The fourth-order valence-electron chi connectivity index (χ4n) is 4.66. The van der Waals surface area contributed by atoms with Crippen molar-refractivity contribution in [3.05, 3.63) is 82.4 Å². The van der Waals surface area contributed by atoms with E-state index in [1.54, 1.807) is 28.8 Å². The number of hydrogen-bond donors (Lipinski definition) is 2. The van der Waals surface area contributed by atoms with Crippen molar-refractivity contribution in [2.75, 3.05) is 14.2 Å². The Hall–Kier alpha value is -3.56. The van der Waals surface area contributed by atoms with Crippen LogP contribution in [0.3, 0.4) is 0 Å². The van der Waals surface area contributed by atoms with Crippen LogP contribution in [0, 0.1) is 12.7 Å². The second kappa shape index (κ2) is 13.5. The van der Waals surface area contributed by atoms with Crippen molar-refractivity contribution in [1.29, 1.82) is 0 Å². The number of amides is 1. The quantitative estimate of drug-likeness (QED) is 0.332. The first-order valence-electron chi connectivity index (χ1n) is 13.1. The monoisotopic (exact) mass is 539 g/mol. The van der Waals surface area contributed by atoms with E-state index in [-0.39, 0.29) is 36.9 Å². The summed E-state index contributed by atoms with van der Waals surface area (Å²) in [5, 5.41) is 25.5. The molecular weight excluding hydrogens is 501 g/mol. The van der Waals surface area contributed by atoms with Crippen molar-refractivity contribution >= 4 is 11.9 Å². The topological polar surface area (TPSA) is 105 Å². The molecule has 0 spiro atoms. The Bertz CT molecular complexity index is 1270. The predicted octanol–water partition coefficient (Wildman–Crippen LogP) is 4.32. The zero-order valence-electron chi connectivity index (χ0n) is 23.2. The molecule has 0 saturated carbocycles. The van der Waals surface area contributed by atoms with Gasteiger partial charge in [-0.05, 0) is 67.5 Å². The van der Waals surface area contributed by atoms with Crippen LogP contribution in [-0.4, -0.2) is 63.1 Å². The molecule has 1 aromatic heterocycles. The number of aliphatic hydroxyl groups excluding tert-OH is 2. The third-order valence-electron chi connectivity index (χ3n) is 6.78. The van der Waals surface area contributed by atoms with Crippen molar-refractivity contribution in [1.82, 2.24) is 14.7 Å². The van der Waals surface area contributed by atoms with E-state index >= 15 is 0 Å². The minimum absolute atomic E-state index is 0.00174. The number of carbonyl (C=O) groups is 2. The number of aromatic nitrogens is 2. The molecule has 1 heterocycles. The first kappa shape index (κ1) is 30.0. The normalized spacial score (nSPS) is 12.8. The molecule has 2 atom stereocenters. The van der Waals surface area contributed by atoms with Gasteiger partial charge in [0.1, 0.15) is 5.82 Å². The summed E-state index contributed by atoms with van der Waals surface area (Å²) in [6, 6.07) is 13.7. The predicted molar refractivity (Wildman–Crippen MR) is 146 cm³/mol. The van der Waals surface area contributed by atoms with Gasteiger partial charge in [-0.1, -0.05) is 38.1 Å². The standard InChI is InChI=1S/C30H38FN3O5/c1-19(2)28-26(15-14-24(35)16-25(36)17-27(37)39-5)34(23-12-10-22(31)11-13-23)32-29(28)30(38)33(4)18-21-9-7-6-8-20(21)3/h6-13,19,24-25,35-36H,14-18H2,1-5H3. The number of benzene rings is 2. The number of hydrogen-bond acceptors (Lipinski definition) is 6. The molecule has 210 valence electrons. The fraction of sp³-hybridized carbons (Fsp3) is 0.433. The average Bonchev–Trinajstić information content (AvgIpc) is 3.28. The summed E-state index contributed by atoms with van der Waals surface area (Å²) in [7, 11) is 2.98. The van der Waals surface area contributed by atoms with E-state index in [1.165, 1.54) is 19.2 Å². The van der Waals surface area contributed by atoms with Gasteiger partial charge in [0.25, 0.3) is 5.91 Å². The Morgan fingerprint density at radius 3 is 2.36 bits per heavy atom. The molecule has 0 aliphatic rings. The molecule has 0 fully saturated rings. The highest BCUT2D eigenvalue weighted by atomic mass is 19.1. The van der Waals surface area contributed by atoms with Gasteiger partial charge in [-0.25, -0.2) is 9.07 Å². The van der Waals surface area contributed by atoms with Gasteiger partial charge in [-0.2, -0.15) is 5.10 Å². The van der Waals surface area contributed by atoms with E-state index < -0.39 is 18.2 Å². The molecule has 39 heavy (non-hydrogen) atoms. The number of nitrogens with zero attached hydrogens (tertiary/aromatic N) is 3. The van der Waals surface area contributed by atoms with Gasteiger partial charge in [-0.15, -0.1) is 0 Å². The molecule has 2 aromatic carbocycles. The minimum Gasteiger partial charge on any atom is -0.469 e. The Morgan fingerprint density at radius 1 is 1.08 bits per heavy atom. The largest absolute Gasteiger partial charge is 0.469 e. The van der Waals surface area contributed by atoms with Crippen LogP contribution in [0.15, 0.2) is 48.5 Å². The van der Waals surface area contributed by atoms with Gasteiger partial charge in [-0.3, -0.25) is 9.59 Å². The van der Waals surface area contributed by atoms with Gasteiger partial charge in [0, 0.05) is 24.8 Å². The molecule has 0 radical (unpaired) electrons. The third kappa shape index (κ3) is 7.74. The number of esters is 1. The van der Waals surface area contributed by atoms with E-state index in [0.717, 1.165) is 22.4 Å². The average molecular weight is 540 g/mol. The summed E-state index contributed by atoms with van der Waals surface area (Å²) in [5.41, 5.74) is 4.50. The number of rotatable bonds is 12. The van der Waals surface area contributed by atoms with Gasteiger partial charge in [0.05, 0.1) is 31.4 Å². The SMILES string of the molecule is COC(=O)CC(O)CC(O)CCc1c(C(C)C)c(C(=O)N(C)Cc2ccccc2C)nn1-c1ccc(F)cc1. The van der Waals surface area contributed by atoms with Crippen molar-refractivity contribution < 1.29 is 28.9 Å². The van der Waals surface area contributed by atoms with Crippen LogP contribution in [0.25, 0.3) is 5.69 Å². The number of ether oxygens (including phenoxy) is 1. The fourth-order valence-corrected chi connectivity index (χ4v) is 4.66. The molecular formula is C30H38FN3O5. The Balaban J connectivity index is 1.94. The van der Waals surface area contributed by atoms with Crippen LogP contribution in [0.5, 0.6) is 0 Å². The van der Waals surface area contributed by atoms with E-state index in [4.69, 9.17) is 5.10 Å². The second-order valence-corrected chi connectivity index (χ2v) is 10.2. The van der Waals surface area contributed by atoms with Crippen molar-refractivity contribution in [3.8, 4) is 5.69 Å². The third-order valence-corrected chi connectivity index (χ3v) is 6.78. The number of carbonyl (C=O) groups excluding carboxylic acids is 2. The molecule has 8 nitrogen and oxygen atoms in total. The Kier molecular flexibility index (Phi) is 10.4. The molecule has 3 aromatic rings. The number of methoxy groups -OCH3 is 1. The first-order valence-corrected chi connectivity index (χ1v) is 13.1. The maximum absolute atomic E-state index is 13.7. The highest BCUT2D eigenvalue weighted by molar-refractivity contribution is 5.94. The summed E-state index contributed by atoms with van der Waals surface area (Å²) in [5.74, 6) is -1.25. The van der Waals surface area contributed by atoms with Crippen LogP contribution < -0.4 is 0 Å². The van der Waals surface area contributed by atoms with Crippen molar-refractivity contribution in [2.24, 2.45) is 0 Å². The van der Waals surface area contributed by atoms with Gasteiger partial charge in [0.15, 0.2) is 5.69 Å². The molecule has 2 N–H and O–H groups in total. The molecule has 9 heteroatoms. The summed E-state index contributed by atoms with van der Waals surface area (Å²) in [6.45, 7) is 6.37. The van der Waals surface area contributed by atoms with E-state index in [2.05, 4.69) is 4.74 Å². The molecule has 0 bridgehead atoms. The summed E-state index contributed by atoms with van der Waals surface area (Å²) >= 11 is 0. The lowest BCUT2D eigenvalue weighted by atomic mass is 9.95. The Labute approximate surface area is 229 Å². The second-order valence-electron chi connectivity index (χ2n) is 10.2. The maximum Gasteiger partial charge on any atom is 0.308 e. The van der Waals surface area contributed by atoms with Crippen LogP contribution in [0.4, 0.5) is 4.39 Å². The first-order chi connectivity index (χ1) is 18.5. The van der Waals surface area contributed by atoms with Crippen molar-refractivity contribution in [2.45, 2.75) is 71.1 Å². The smallest absolute Gasteiger partial charge is 0.308 e. The minimum atomic E-state index is -1.04. The van der Waals surface area contributed by atoms with E-state index in [1.807, 2.05) is 45.0 Å². The molecule has 1 amide bonds. The number of aliphatic hydroxyl groups is 2. The van der Waals surface area contributed by atoms with Crippen LogP contribution in [0.2, 0.25) is 0 Å². The summed E-state index contributed by atoms with van der Waals surface area (Å²) in [6.07, 6.45) is -1.53. The molecule has 0 aliphatic heterocycles. The molecule has 3 rings (SSSR count). The van der Waals surface area contributed by atoms with Crippen LogP contribution in [0.1, 0.15) is 71.9 Å². The summed E-state index contributed by atoms with van der Waals surface area (Å²) in [4.78, 5) is 26.8. The lowest BCUT2D eigenvalue weighted by Gasteiger charge is -2.19.